The van der Waals surface area contributed by atoms with Crippen molar-refractivity contribution in [2.24, 2.45) is 0 Å². The number of ether oxygens (including phenoxy) is 1. The van der Waals surface area contributed by atoms with Gasteiger partial charge in [0.2, 0.25) is 0 Å². The fourth-order valence-corrected chi connectivity index (χ4v) is 4.14. The Morgan fingerprint density at radius 3 is 2.17 bits per heavy atom. The number of nitrogens with one attached hydrogen (secondary N) is 1. The first-order valence-electron chi connectivity index (χ1n) is 11.3. The van der Waals surface area contributed by atoms with Crippen LogP contribution in [-0.4, -0.2) is 43.1 Å². The highest BCUT2D eigenvalue weighted by Crippen LogP contribution is 2.27. The maximum Gasteiger partial charge on any atom is 0.335 e. The van der Waals surface area contributed by atoms with Crippen LogP contribution in [0.25, 0.3) is 11.8 Å². The monoisotopic (exact) mass is 472 g/mol. The van der Waals surface area contributed by atoms with Crippen molar-refractivity contribution < 1.29 is 19.1 Å². The average Bonchev–Trinajstić information content (AvgIpc) is 3.10. The molecule has 0 bridgehead atoms. The van der Waals surface area contributed by atoms with Gasteiger partial charge in [-0.2, -0.15) is 0 Å². The van der Waals surface area contributed by atoms with Gasteiger partial charge >= 0.3 is 6.03 Å². The van der Waals surface area contributed by atoms with E-state index in [4.69, 9.17) is 4.74 Å². The summed E-state index contributed by atoms with van der Waals surface area (Å²) in [6.07, 6.45) is 1.54. The first-order valence-corrected chi connectivity index (χ1v) is 11.3. The molecule has 35 heavy (non-hydrogen) atoms. The van der Waals surface area contributed by atoms with E-state index < -0.39 is 17.8 Å². The summed E-state index contributed by atoms with van der Waals surface area (Å²) in [7, 11) is 3.97. The van der Waals surface area contributed by atoms with E-state index in [1.807, 2.05) is 70.1 Å². The van der Waals surface area contributed by atoms with E-state index in [1.165, 1.54) is 0 Å². The number of barbiturate groups is 1. The summed E-state index contributed by atoms with van der Waals surface area (Å²) in [5, 5.41) is 2.27. The van der Waals surface area contributed by atoms with Crippen molar-refractivity contribution in [3.05, 3.63) is 77.1 Å². The molecule has 2 heterocycles. The van der Waals surface area contributed by atoms with Gasteiger partial charge in [0.25, 0.3) is 11.8 Å². The van der Waals surface area contributed by atoms with Crippen LogP contribution in [-0.2, 0) is 9.59 Å². The number of benzene rings is 2. The van der Waals surface area contributed by atoms with Gasteiger partial charge in [0.15, 0.2) is 0 Å². The molecule has 0 unspecified atom stereocenters. The SMILES string of the molecule is CCOc1ccc(N2C(=O)NC(=O)/C(=C\c3cc(C)n(-c4ccc(N(C)C)cc4)c3C)C2=O)cc1. The lowest BCUT2D eigenvalue weighted by molar-refractivity contribution is -0.122. The average molecular weight is 473 g/mol. The Kier molecular flexibility index (Phi) is 6.46. The summed E-state index contributed by atoms with van der Waals surface area (Å²) in [4.78, 5) is 41.4. The second-order valence-electron chi connectivity index (χ2n) is 8.46. The third-order valence-electron chi connectivity index (χ3n) is 5.90. The zero-order valence-corrected chi connectivity index (χ0v) is 20.5. The predicted molar refractivity (Wildman–Crippen MR) is 136 cm³/mol. The van der Waals surface area contributed by atoms with Gasteiger partial charge in [-0.15, -0.1) is 0 Å². The summed E-state index contributed by atoms with van der Waals surface area (Å²) in [5.74, 6) is -0.774. The molecule has 4 rings (SSSR count). The van der Waals surface area contributed by atoms with E-state index >= 15 is 0 Å². The molecule has 0 spiro atoms. The summed E-state index contributed by atoms with van der Waals surface area (Å²) < 4.78 is 7.49. The van der Waals surface area contributed by atoms with Crippen LogP contribution in [0.15, 0.2) is 60.2 Å². The van der Waals surface area contributed by atoms with Crippen LogP contribution in [0.5, 0.6) is 5.75 Å². The first-order chi connectivity index (χ1) is 16.7. The highest BCUT2D eigenvalue weighted by Gasteiger charge is 2.37. The number of hydrogen-bond donors (Lipinski definition) is 1. The lowest BCUT2D eigenvalue weighted by atomic mass is 10.1. The number of amides is 4. The minimum atomic E-state index is -0.784. The molecule has 0 atom stereocenters. The van der Waals surface area contributed by atoms with Gasteiger partial charge in [0, 0.05) is 36.9 Å². The Morgan fingerprint density at radius 2 is 1.57 bits per heavy atom. The predicted octanol–water partition coefficient (Wildman–Crippen LogP) is 4.23. The van der Waals surface area contributed by atoms with Crippen molar-refractivity contribution in [2.45, 2.75) is 20.8 Å². The topological polar surface area (TPSA) is 83.9 Å². The molecule has 0 aliphatic carbocycles. The Labute approximate surface area is 204 Å². The molecule has 8 nitrogen and oxygen atoms in total. The van der Waals surface area contributed by atoms with Crippen molar-refractivity contribution in [2.75, 3.05) is 30.5 Å². The molecule has 1 N–H and O–H groups in total. The molecule has 180 valence electrons. The zero-order valence-electron chi connectivity index (χ0n) is 20.5. The Hall–Kier alpha value is -4.33. The Balaban J connectivity index is 1.69. The largest absolute Gasteiger partial charge is 0.494 e. The molecule has 1 fully saturated rings. The molecule has 4 amide bonds. The summed E-state index contributed by atoms with van der Waals surface area (Å²) in [6.45, 7) is 6.27. The molecule has 1 aliphatic rings. The summed E-state index contributed by atoms with van der Waals surface area (Å²) in [6, 6.07) is 15.8. The number of aromatic nitrogens is 1. The van der Waals surface area contributed by atoms with Gasteiger partial charge in [-0.1, -0.05) is 0 Å². The van der Waals surface area contributed by atoms with E-state index in [1.54, 1.807) is 30.3 Å². The van der Waals surface area contributed by atoms with Crippen molar-refractivity contribution in [3.8, 4) is 11.4 Å². The highest BCUT2D eigenvalue weighted by atomic mass is 16.5. The van der Waals surface area contributed by atoms with Crippen molar-refractivity contribution in [1.82, 2.24) is 9.88 Å². The maximum absolute atomic E-state index is 13.3. The molecular formula is C27H28N4O4. The van der Waals surface area contributed by atoms with Crippen LogP contribution < -0.4 is 19.9 Å². The first kappa shape index (κ1) is 23.8. The minimum Gasteiger partial charge on any atom is -0.494 e. The van der Waals surface area contributed by atoms with Crippen LogP contribution in [0.3, 0.4) is 0 Å². The zero-order chi connectivity index (χ0) is 25.3. The van der Waals surface area contributed by atoms with Crippen LogP contribution >= 0.6 is 0 Å². The standard InChI is InChI=1S/C27H28N4O4/c1-6-35-23-13-11-22(12-14-23)31-26(33)24(25(32)28-27(31)34)16-19-15-17(2)30(18(19)3)21-9-7-20(8-10-21)29(4)5/h7-16H,6H2,1-5H3,(H,28,32,34)/b24-16+. The van der Waals surface area contributed by atoms with Crippen LogP contribution in [0.4, 0.5) is 16.2 Å². The van der Waals surface area contributed by atoms with Crippen LogP contribution in [0, 0.1) is 13.8 Å². The van der Waals surface area contributed by atoms with E-state index in [-0.39, 0.29) is 5.57 Å². The van der Waals surface area contributed by atoms with Crippen LogP contribution in [0.2, 0.25) is 0 Å². The number of nitrogens with zero attached hydrogens (tertiary/aromatic N) is 3. The fourth-order valence-electron chi connectivity index (χ4n) is 4.14. The summed E-state index contributed by atoms with van der Waals surface area (Å²) >= 11 is 0. The van der Waals surface area contributed by atoms with E-state index in [0.717, 1.165) is 33.2 Å². The van der Waals surface area contributed by atoms with Gasteiger partial charge in [-0.05, 0) is 87.0 Å². The van der Waals surface area contributed by atoms with Crippen molar-refractivity contribution in [1.29, 1.82) is 0 Å². The van der Waals surface area contributed by atoms with Gasteiger partial charge in [0.1, 0.15) is 11.3 Å². The molecule has 3 aromatic rings. The molecule has 1 aliphatic heterocycles. The molecule has 1 aromatic heterocycles. The van der Waals surface area contributed by atoms with E-state index in [9.17, 15) is 14.4 Å². The van der Waals surface area contributed by atoms with E-state index in [2.05, 4.69) is 9.88 Å². The molecule has 1 saturated heterocycles. The number of aryl methyl sites for hydroxylation is 1. The van der Waals surface area contributed by atoms with Crippen molar-refractivity contribution in [3.63, 3.8) is 0 Å². The lowest BCUT2D eigenvalue weighted by Crippen LogP contribution is -2.54. The summed E-state index contributed by atoms with van der Waals surface area (Å²) in [5.41, 5.74) is 4.84. The molecule has 8 heteroatoms. The third-order valence-corrected chi connectivity index (χ3v) is 5.90. The molecule has 0 saturated carbocycles. The molecule has 2 aromatic carbocycles. The molecular weight excluding hydrogens is 444 g/mol. The lowest BCUT2D eigenvalue weighted by Gasteiger charge is -2.26. The number of carbonyl (C=O) groups is 3. The smallest absolute Gasteiger partial charge is 0.335 e. The number of hydrogen-bond acceptors (Lipinski definition) is 5. The Morgan fingerprint density at radius 1 is 0.943 bits per heavy atom. The fraction of sp³-hybridized carbons (Fsp3) is 0.222. The van der Waals surface area contributed by atoms with Gasteiger partial charge in [-0.3, -0.25) is 14.9 Å². The second kappa shape index (κ2) is 9.50. The minimum absolute atomic E-state index is 0.110. The van der Waals surface area contributed by atoms with Gasteiger partial charge in [-0.25, -0.2) is 9.69 Å². The van der Waals surface area contributed by atoms with Crippen molar-refractivity contribution >= 4 is 35.3 Å². The Bertz CT molecular complexity index is 1320. The quantitative estimate of drug-likeness (QED) is 0.429. The molecule has 0 radical (unpaired) electrons. The number of imide groups is 2. The maximum atomic E-state index is 13.3. The van der Waals surface area contributed by atoms with Gasteiger partial charge in [0.05, 0.1) is 12.3 Å². The highest BCUT2D eigenvalue weighted by molar-refractivity contribution is 6.39. The van der Waals surface area contributed by atoms with E-state index in [0.29, 0.717) is 18.0 Å². The number of rotatable bonds is 6. The third kappa shape index (κ3) is 4.55. The number of urea groups is 1. The number of anilines is 2. The second-order valence-corrected chi connectivity index (χ2v) is 8.46. The van der Waals surface area contributed by atoms with Crippen LogP contribution in [0.1, 0.15) is 23.9 Å². The normalized spacial score (nSPS) is 14.9. The van der Waals surface area contributed by atoms with Gasteiger partial charge < -0.3 is 14.2 Å². The number of carbonyl (C=O) groups excluding carboxylic acids is 3.